The molecule has 0 spiro atoms. The van der Waals surface area contributed by atoms with Gasteiger partial charge in [0.05, 0.1) is 5.56 Å². The summed E-state index contributed by atoms with van der Waals surface area (Å²) in [6, 6.07) is 6.63. The quantitative estimate of drug-likeness (QED) is 0.892. The van der Waals surface area contributed by atoms with Crippen LogP contribution in [-0.4, -0.2) is 5.91 Å². The van der Waals surface area contributed by atoms with Crippen LogP contribution in [-0.2, 0) is 6.54 Å². The molecule has 0 aliphatic carbocycles. The lowest BCUT2D eigenvalue weighted by molar-refractivity contribution is 0.100. The van der Waals surface area contributed by atoms with E-state index in [-0.39, 0.29) is 5.82 Å². The zero-order valence-electron chi connectivity index (χ0n) is 9.87. The van der Waals surface area contributed by atoms with Gasteiger partial charge in [-0.1, -0.05) is 0 Å². The van der Waals surface area contributed by atoms with Crippen molar-refractivity contribution in [1.82, 2.24) is 0 Å². The number of benzene rings is 1. The second-order valence-electron chi connectivity index (χ2n) is 3.98. The van der Waals surface area contributed by atoms with Crippen LogP contribution >= 0.6 is 11.3 Å². The van der Waals surface area contributed by atoms with Crippen LogP contribution in [0.2, 0.25) is 0 Å². The van der Waals surface area contributed by atoms with Crippen molar-refractivity contribution >= 4 is 22.9 Å². The molecule has 94 valence electrons. The Labute approximate surface area is 108 Å². The molecule has 0 radical (unpaired) electrons. The van der Waals surface area contributed by atoms with Gasteiger partial charge in [0.2, 0.25) is 5.91 Å². The van der Waals surface area contributed by atoms with Crippen molar-refractivity contribution in [1.29, 1.82) is 0 Å². The fourth-order valence-electron chi connectivity index (χ4n) is 1.55. The Morgan fingerprint density at radius 2 is 2.22 bits per heavy atom. The van der Waals surface area contributed by atoms with Gasteiger partial charge in [0.15, 0.2) is 0 Å². The van der Waals surface area contributed by atoms with Crippen molar-refractivity contribution in [3.05, 3.63) is 51.5 Å². The largest absolute Gasteiger partial charge is 0.380 e. The number of amides is 1. The number of hydrogen-bond donors (Lipinski definition) is 2. The smallest absolute Gasteiger partial charge is 0.249 e. The van der Waals surface area contributed by atoms with Gasteiger partial charge in [-0.2, -0.15) is 0 Å². The summed E-state index contributed by atoms with van der Waals surface area (Å²) in [6.07, 6.45) is 0. The van der Waals surface area contributed by atoms with E-state index in [2.05, 4.69) is 5.32 Å². The summed E-state index contributed by atoms with van der Waals surface area (Å²) in [5.74, 6) is -0.636. The van der Waals surface area contributed by atoms with Gasteiger partial charge < -0.3 is 11.1 Å². The molecule has 2 aromatic rings. The Morgan fingerprint density at radius 1 is 1.44 bits per heavy atom. The minimum absolute atomic E-state index is 0.215. The molecule has 0 fully saturated rings. The third-order valence-electron chi connectivity index (χ3n) is 2.56. The number of primary amides is 1. The van der Waals surface area contributed by atoms with Gasteiger partial charge >= 0.3 is 0 Å². The number of thiophene rings is 1. The number of anilines is 1. The van der Waals surface area contributed by atoms with Gasteiger partial charge in [0.1, 0.15) is 5.82 Å². The number of rotatable bonds is 4. The third-order valence-corrected chi connectivity index (χ3v) is 3.50. The van der Waals surface area contributed by atoms with Crippen molar-refractivity contribution in [2.75, 3.05) is 5.32 Å². The average molecular weight is 264 g/mol. The summed E-state index contributed by atoms with van der Waals surface area (Å²) in [5.41, 5.74) is 7.15. The van der Waals surface area contributed by atoms with Gasteiger partial charge in [-0.3, -0.25) is 4.79 Å². The van der Waals surface area contributed by atoms with Crippen LogP contribution in [0.4, 0.5) is 10.1 Å². The standard InChI is InChI=1S/C13H13FN2OS/c1-8-4-10(2-3-12(8)14)16-6-11-5-9(7-18-11)13(15)17/h2-5,7,16H,6H2,1H3,(H2,15,17). The van der Waals surface area contributed by atoms with Crippen molar-refractivity contribution in [3.8, 4) is 0 Å². The molecule has 5 heteroatoms. The molecule has 3 nitrogen and oxygen atoms in total. The number of aryl methyl sites for hydroxylation is 1. The summed E-state index contributed by atoms with van der Waals surface area (Å²) in [4.78, 5) is 11.9. The molecule has 0 aliphatic heterocycles. The van der Waals surface area contributed by atoms with Gasteiger partial charge in [0, 0.05) is 22.5 Å². The van der Waals surface area contributed by atoms with Gasteiger partial charge in [-0.25, -0.2) is 4.39 Å². The highest BCUT2D eigenvalue weighted by Crippen LogP contribution is 2.18. The molecule has 3 N–H and O–H groups in total. The number of halogens is 1. The molecule has 0 saturated carbocycles. The molecule has 1 aromatic heterocycles. The van der Waals surface area contributed by atoms with Crippen LogP contribution in [0.25, 0.3) is 0 Å². The van der Waals surface area contributed by atoms with Crippen LogP contribution in [0, 0.1) is 12.7 Å². The molecule has 18 heavy (non-hydrogen) atoms. The van der Waals surface area contributed by atoms with Crippen LogP contribution < -0.4 is 11.1 Å². The summed E-state index contributed by atoms with van der Waals surface area (Å²) < 4.78 is 13.1. The van der Waals surface area contributed by atoms with E-state index in [0.717, 1.165) is 10.6 Å². The summed E-state index contributed by atoms with van der Waals surface area (Å²) >= 11 is 1.47. The number of nitrogens with one attached hydrogen (secondary N) is 1. The lowest BCUT2D eigenvalue weighted by atomic mass is 10.2. The first-order chi connectivity index (χ1) is 8.56. The maximum absolute atomic E-state index is 13.1. The van der Waals surface area contributed by atoms with Crippen LogP contribution in [0.15, 0.2) is 29.6 Å². The molecular formula is C13H13FN2OS. The molecular weight excluding hydrogens is 251 g/mol. The molecule has 1 aromatic carbocycles. The topological polar surface area (TPSA) is 55.1 Å². The summed E-state index contributed by atoms with van der Waals surface area (Å²) in [7, 11) is 0. The SMILES string of the molecule is Cc1cc(NCc2cc(C(N)=O)cs2)ccc1F. The Kier molecular flexibility index (Phi) is 3.62. The summed E-state index contributed by atoms with van der Waals surface area (Å²) in [6.45, 7) is 2.31. The first kappa shape index (κ1) is 12.6. The highest BCUT2D eigenvalue weighted by Gasteiger charge is 2.05. The maximum atomic E-state index is 13.1. The zero-order chi connectivity index (χ0) is 13.1. The molecule has 0 unspecified atom stereocenters. The van der Waals surface area contributed by atoms with E-state index in [9.17, 15) is 9.18 Å². The highest BCUT2D eigenvalue weighted by atomic mass is 32.1. The molecule has 0 atom stereocenters. The molecule has 0 saturated heterocycles. The third kappa shape index (κ3) is 2.87. The zero-order valence-corrected chi connectivity index (χ0v) is 10.7. The second-order valence-corrected chi connectivity index (χ2v) is 4.98. The lowest BCUT2D eigenvalue weighted by Crippen LogP contribution is -2.09. The van der Waals surface area contributed by atoms with Gasteiger partial charge in [-0.05, 0) is 36.8 Å². The Balaban J connectivity index is 2.02. The summed E-state index contributed by atoms with van der Waals surface area (Å²) in [5, 5.41) is 4.90. The van der Waals surface area contributed by atoms with E-state index in [1.54, 1.807) is 30.5 Å². The van der Waals surface area contributed by atoms with E-state index >= 15 is 0 Å². The van der Waals surface area contributed by atoms with Gasteiger partial charge in [-0.15, -0.1) is 11.3 Å². The predicted molar refractivity (Wildman–Crippen MR) is 71.3 cm³/mol. The molecule has 0 aliphatic rings. The molecule has 1 heterocycles. The Hall–Kier alpha value is -1.88. The Morgan fingerprint density at radius 3 is 2.83 bits per heavy atom. The van der Waals surface area contributed by atoms with Gasteiger partial charge in [0.25, 0.3) is 0 Å². The monoisotopic (exact) mass is 264 g/mol. The normalized spacial score (nSPS) is 10.3. The number of nitrogens with two attached hydrogens (primary N) is 1. The van der Waals surface area contributed by atoms with E-state index in [1.807, 2.05) is 0 Å². The second kappa shape index (κ2) is 5.18. The van der Waals surface area contributed by atoms with Crippen LogP contribution in [0.5, 0.6) is 0 Å². The van der Waals surface area contributed by atoms with Crippen molar-refractivity contribution in [2.24, 2.45) is 5.73 Å². The predicted octanol–water partition coefficient (Wildman–Crippen LogP) is 2.91. The minimum Gasteiger partial charge on any atom is -0.380 e. The molecule has 0 bridgehead atoms. The number of carbonyl (C=O) groups excluding carboxylic acids is 1. The van der Waals surface area contributed by atoms with Crippen LogP contribution in [0.3, 0.4) is 0 Å². The van der Waals surface area contributed by atoms with Crippen LogP contribution in [0.1, 0.15) is 20.8 Å². The molecule has 1 amide bonds. The minimum atomic E-state index is -0.421. The van der Waals surface area contributed by atoms with E-state index < -0.39 is 5.91 Å². The fourth-order valence-corrected chi connectivity index (χ4v) is 2.36. The van der Waals surface area contributed by atoms with Crippen molar-refractivity contribution < 1.29 is 9.18 Å². The number of carbonyl (C=O) groups is 1. The van der Waals surface area contributed by atoms with E-state index in [1.165, 1.54) is 17.4 Å². The van der Waals surface area contributed by atoms with E-state index in [0.29, 0.717) is 17.7 Å². The fraction of sp³-hybridized carbons (Fsp3) is 0.154. The lowest BCUT2D eigenvalue weighted by Gasteiger charge is -2.06. The number of hydrogen-bond acceptors (Lipinski definition) is 3. The first-order valence-electron chi connectivity index (χ1n) is 5.43. The maximum Gasteiger partial charge on any atom is 0.249 e. The molecule has 2 rings (SSSR count). The van der Waals surface area contributed by atoms with Crippen molar-refractivity contribution in [3.63, 3.8) is 0 Å². The van der Waals surface area contributed by atoms with E-state index in [4.69, 9.17) is 5.73 Å². The van der Waals surface area contributed by atoms with Crippen molar-refractivity contribution in [2.45, 2.75) is 13.5 Å². The first-order valence-corrected chi connectivity index (χ1v) is 6.31. The highest BCUT2D eigenvalue weighted by molar-refractivity contribution is 7.10. The Bertz CT molecular complexity index is 580. The average Bonchev–Trinajstić information content (AvgIpc) is 2.79.